The Morgan fingerprint density at radius 2 is 1.88 bits per heavy atom. The van der Waals surface area contributed by atoms with Crippen LogP contribution in [0.15, 0.2) is 95.1 Å². The smallest absolute Gasteiger partial charge is 0.0868 e. The first-order chi connectivity index (χ1) is 16.0. The van der Waals surface area contributed by atoms with E-state index in [0.717, 1.165) is 19.3 Å². The molecule has 1 saturated carbocycles. The van der Waals surface area contributed by atoms with Crippen LogP contribution in [-0.4, -0.2) is 12.7 Å². The third-order valence-electron chi connectivity index (χ3n) is 7.87. The molecule has 2 aromatic carbocycles. The number of benzene rings is 2. The Bertz CT molecular complexity index is 1160. The SMILES string of the molecule is COC1(C)C=CC(CC2=C3CC(=C2c2cccc(C(C)C)c2)C(Cc2ccccc2)C3)=CC1. The van der Waals surface area contributed by atoms with E-state index >= 15 is 0 Å². The average Bonchev–Trinajstić information content (AvgIpc) is 3.39. The minimum Gasteiger partial charge on any atom is -0.374 e. The van der Waals surface area contributed by atoms with Gasteiger partial charge in [-0.2, -0.15) is 0 Å². The zero-order chi connectivity index (χ0) is 23.0. The minimum absolute atomic E-state index is 0.163. The van der Waals surface area contributed by atoms with Crippen LogP contribution in [0.5, 0.6) is 0 Å². The molecule has 33 heavy (non-hydrogen) atoms. The summed E-state index contributed by atoms with van der Waals surface area (Å²) < 4.78 is 5.69. The molecule has 0 aromatic heterocycles. The maximum absolute atomic E-state index is 5.69. The number of fused-ring (bicyclic) bond motifs is 2. The Balaban J connectivity index is 1.49. The van der Waals surface area contributed by atoms with Crippen LogP contribution in [0.2, 0.25) is 0 Å². The number of methoxy groups -OCH3 is 1. The van der Waals surface area contributed by atoms with Crippen molar-refractivity contribution in [2.24, 2.45) is 5.92 Å². The molecule has 2 bridgehead atoms. The molecule has 3 aliphatic rings. The Labute approximate surface area is 199 Å². The summed E-state index contributed by atoms with van der Waals surface area (Å²) in [5.74, 6) is 1.18. The fourth-order valence-corrected chi connectivity index (χ4v) is 5.72. The van der Waals surface area contributed by atoms with Crippen LogP contribution in [0.25, 0.3) is 5.57 Å². The van der Waals surface area contributed by atoms with Crippen LogP contribution in [0.1, 0.15) is 69.1 Å². The minimum atomic E-state index is -0.163. The van der Waals surface area contributed by atoms with Crippen molar-refractivity contribution in [1.82, 2.24) is 0 Å². The number of rotatable bonds is 7. The van der Waals surface area contributed by atoms with Crippen LogP contribution in [-0.2, 0) is 11.2 Å². The largest absolute Gasteiger partial charge is 0.374 e. The van der Waals surface area contributed by atoms with E-state index in [0.29, 0.717) is 11.8 Å². The third kappa shape index (κ3) is 4.44. The second-order valence-corrected chi connectivity index (χ2v) is 10.5. The second-order valence-electron chi connectivity index (χ2n) is 10.5. The maximum atomic E-state index is 5.69. The lowest BCUT2D eigenvalue weighted by Crippen LogP contribution is -2.25. The first-order valence-electron chi connectivity index (χ1n) is 12.5. The summed E-state index contributed by atoms with van der Waals surface area (Å²) in [6.45, 7) is 6.74. The van der Waals surface area contributed by atoms with Crippen molar-refractivity contribution in [1.29, 1.82) is 0 Å². The molecule has 170 valence electrons. The molecule has 2 aromatic rings. The molecule has 1 nitrogen and oxygen atoms in total. The molecule has 0 radical (unpaired) electrons. The highest BCUT2D eigenvalue weighted by Gasteiger charge is 2.37. The highest BCUT2D eigenvalue weighted by molar-refractivity contribution is 5.88. The molecule has 3 aliphatic carbocycles. The number of ether oxygens (including phenoxy) is 1. The molecule has 5 rings (SSSR count). The fraction of sp³-hybridized carbons (Fsp3) is 0.375. The monoisotopic (exact) mass is 436 g/mol. The van der Waals surface area contributed by atoms with Crippen molar-refractivity contribution < 1.29 is 4.74 Å². The van der Waals surface area contributed by atoms with Crippen LogP contribution >= 0.6 is 0 Å². The van der Waals surface area contributed by atoms with Crippen LogP contribution in [0.3, 0.4) is 0 Å². The molecule has 0 spiro atoms. The van der Waals surface area contributed by atoms with Crippen molar-refractivity contribution in [3.05, 3.63) is 112 Å². The van der Waals surface area contributed by atoms with Gasteiger partial charge < -0.3 is 4.74 Å². The molecule has 1 fully saturated rings. The van der Waals surface area contributed by atoms with Gasteiger partial charge in [0.25, 0.3) is 0 Å². The molecule has 0 saturated heterocycles. The van der Waals surface area contributed by atoms with Gasteiger partial charge >= 0.3 is 0 Å². The van der Waals surface area contributed by atoms with Crippen LogP contribution in [0, 0.1) is 5.92 Å². The van der Waals surface area contributed by atoms with E-state index in [1.54, 1.807) is 29.4 Å². The standard InChI is InChI=1S/C32H36O/c1-22(2)25-11-8-12-26(19-25)31-29(18-24-13-15-32(3,33-4)16-14-24)28-20-27(30(31)21-28)17-23-9-6-5-7-10-23/h5-15,19,22,27H,16-18,20-21H2,1-4H3. The lowest BCUT2D eigenvalue weighted by Gasteiger charge is -2.28. The van der Waals surface area contributed by atoms with E-state index < -0.39 is 0 Å². The van der Waals surface area contributed by atoms with Gasteiger partial charge in [-0.25, -0.2) is 0 Å². The summed E-state index contributed by atoms with van der Waals surface area (Å²) in [5, 5.41) is 0. The normalized spacial score (nSPS) is 24.3. The lowest BCUT2D eigenvalue weighted by molar-refractivity contribution is 0.0502. The highest BCUT2D eigenvalue weighted by Crippen LogP contribution is 2.54. The maximum Gasteiger partial charge on any atom is 0.0868 e. The summed E-state index contributed by atoms with van der Waals surface area (Å²) in [6.07, 6.45) is 12.4. The van der Waals surface area contributed by atoms with Crippen molar-refractivity contribution in [2.75, 3.05) is 7.11 Å². The lowest BCUT2D eigenvalue weighted by atomic mass is 9.80. The van der Waals surface area contributed by atoms with Crippen LogP contribution < -0.4 is 0 Å². The molecule has 0 amide bonds. The van der Waals surface area contributed by atoms with E-state index in [1.165, 1.54) is 35.1 Å². The van der Waals surface area contributed by atoms with Gasteiger partial charge in [0.1, 0.15) is 0 Å². The molecular weight excluding hydrogens is 400 g/mol. The first-order valence-corrected chi connectivity index (χ1v) is 12.5. The zero-order valence-corrected chi connectivity index (χ0v) is 20.5. The van der Waals surface area contributed by atoms with E-state index in [4.69, 9.17) is 4.74 Å². The quantitative estimate of drug-likeness (QED) is 0.425. The van der Waals surface area contributed by atoms with Crippen molar-refractivity contribution in [3.8, 4) is 0 Å². The van der Waals surface area contributed by atoms with E-state index in [-0.39, 0.29) is 5.60 Å². The Morgan fingerprint density at radius 3 is 2.58 bits per heavy atom. The second kappa shape index (κ2) is 8.95. The summed E-state index contributed by atoms with van der Waals surface area (Å²) in [4.78, 5) is 0. The Hall–Kier alpha value is -2.64. The fourth-order valence-electron chi connectivity index (χ4n) is 5.72. The third-order valence-corrected chi connectivity index (χ3v) is 7.87. The molecule has 0 heterocycles. The Kier molecular flexibility index (Phi) is 6.01. The Morgan fingerprint density at radius 1 is 1.06 bits per heavy atom. The number of hydrogen-bond donors (Lipinski definition) is 0. The zero-order valence-electron chi connectivity index (χ0n) is 20.5. The van der Waals surface area contributed by atoms with Gasteiger partial charge in [-0.15, -0.1) is 0 Å². The average molecular weight is 437 g/mol. The summed E-state index contributed by atoms with van der Waals surface area (Å²) in [7, 11) is 1.81. The van der Waals surface area contributed by atoms with Gasteiger partial charge in [0.2, 0.25) is 0 Å². The van der Waals surface area contributed by atoms with Gasteiger partial charge in [-0.05, 0) is 84.3 Å². The first kappa shape index (κ1) is 22.2. The molecule has 1 heteroatoms. The topological polar surface area (TPSA) is 9.23 Å². The number of hydrogen-bond acceptors (Lipinski definition) is 1. The highest BCUT2D eigenvalue weighted by atomic mass is 16.5. The van der Waals surface area contributed by atoms with Crippen LogP contribution in [0.4, 0.5) is 0 Å². The van der Waals surface area contributed by atoms with Gasteiger partial charge in [0.15, 0.2) is 0 Å². The molecule has 0 N–H and O–H groups in total. The van der Waals surface area contributed by atoms with Gasteiger partial charge in [-0.3, -0.25) is 0 Å². The van der Waals surface area contributed by atoms with Gasteiger partial charge in [0.05, 0.1) is 5.60 Å². The number of allylic oxidation sites excluding steroid dienone is 6. The van der Waals surface area contributed by atoms with Crippen molar-refractivity contribution >= 4 is 5.57 Å². The molecule has 0 aliphatic heterocycles. The van der Waals surface area contributed by atoms with E-state index in [2.05, 4.69) is 93.6 Å². The predicted molar refractivity (Wildman–Crippen MR) is 139 cm³/mol. The summed E-state index contributed by atoms with van der Waals surface area (Å²) in [6, 6.07) is 20.3. The van der Waals surface area contributed by atoms with Gasteiger partial charge in [0, 0.05) is 7.11 Å². The molecular formula is C32H36O. The van der Waals surface area contributed by atoms with Crippen molar-refractivity contribution in [2.45, 2.75) is 64.4 Å². The summed E-state index contributed by atoms with van der Waals surface area (Å²) >= 11 is 0. The van der Waals surface area contributed by atoms with E-state index in [1.807, 2.05) is 0 Å². The predicted octanol–water partition coefficient (Wildman–Crippen LogP) is 8.21. The molecule has 2 atom stereocenters. The van der Waals surface area contributed by atoms with Crippen molar-refractivity contribution in [3.63, 3.8) is 0 Å². The summed E-state index contributed by atoms with van der Waals surface area (Å²) in [5.41, 5.74) is 12.1. The molecule has 2 unspecified atom stereocenters. The van der Waals surface area contributed by atoms with E-state index in [9.17, 15) is 0 Å². The van der Waals surface area contributed by atoms with Gasteiger partial charge in [-0.1, -0.05) is 97.8 Å².